The van der Waals surface area contributed by atoms with E-state index in [0.717, 1.165) is 0 Å². The minimum atomic E-state index is 0.152. The Morgan fingerprint density at radius 2 is 1.21 bits per heavy atom. The maximum Gasteiger partial charge on any atom is 0.199 e. The van der Waals surface area contributed by atoms with Gasteiger partial charge in [0, 0.05) is 31.9 Å². The van der Waals surface area contributed by atoms with Crippen LogP contribution >= 0.6 is 0 Å². The fourth-order valence-electron chi connectivity index (χ4n) is 3.49. The van der Waals surface area contributed by atoms with Gasteiger partial charge >= 0.3 is 0 Å². The van der Waals surface area contributed by atoms with Crippen LogP contribution in [0.1, 0.15) is 37.5 Å². The summed E-state index contributed by atoms with van der Waals surface area (Å²) in [5.41, 5.74) is 8.90. The van der Waals surface area contributed by atoms with Crippen molar-refractivity contribution in [3.05, 3.63) is 95.1 Å². The van der Waals surface area contributed by atoms with Gasteiger partial charge < -0.3 is 4.90 Å². The molecule has 2 heteroatoms. The molecular weight excluding hydrogens is 352 g/mol. The third-order valence-corrected chi connectivity index (χ3v) is 5.38. The average Bonchev–Trinajstić information content (AvgIpc) is 2.69. The van der Waals surface area contributed by atoms with Crippen molar-refractivity contribution in [2.45, 2.75) is 26.2 Å². The van der Waals surface area contributed by atoms with Gasteiger partial charge in [-0.3, -0.25) is 0 Å². The Morgan fingerprint density at radius 3 is 1.62 bits per heavy atom. The molecule has 0 fully saturated rings. The van der Waals surface area contributed by atoms with Crippen molar-refractivity contribution in [2.75, 3.05) is 33.1 Å². The number of rotatable bonds is 3. The monoisotopic (exact) mass is 385 g/mol. The maximum absolute atomic E-state index is 2.26. The third kappa shape index (κ3) is 4.76. The summed E-state index contributed by atoms with van der Waals surface area (Å²) in [5, 5.41) is 0. The molecule has 29 heavy (non-hydrogen) atoms. The average molecular weight is 386 g/mol. The van der Waals surface area contributed by atoms with E-state index < -0.39 is 0 Å². The van der Waals surface area contributed by atoms with Crippen LogP contribution in [0, 0.1) is 0 Å². The van der Waals surface area contributed by atoms with Crippen molar-refractivity contribution in [1.29, 1.82) is 0 Å². The van der Waals surface area contributed by atoms with Crippen LogP contribution in [0.15, 0.2) is 78.4 Å². The van der Waals surface area contributed by atoms with E-state index in [0.29, 0.717) is 0 Å². The largest absolute Gasteiger partial charge is 0.378 e. The van der Waals surface area contributed by atoms with Crippen LogP contribution in [0.5, 0.6) is 0 Å². The Hall–Kier alpha value is -2.87. The maximum atomic E-state index is 2.26. The first kappa shape index (κ1) is 20.9. The van der Waals surface area contributed by atoms with Gasteiger partial charge in [0.15, 0.2) is 5.71 Å². The molecule has 0 unspecified atom stereocenters. The van der Waals surface area contributed by atoms with Gasteiger partial charge in [-0.1, -0.05) is 57.2 Å². The van der Waals surface area contributed by atoms with E-state index in [1.807, 2.05) is 0 Å². The van der Waals surface area contributed by atoms with Crippen molar-refractivity contribution in [3.8, 4) is 0 Å². The molecule has 0 saturated carbocycles. The highest BCUT2D eigenvalue weighted by molar-refractivity contribution is 6.03. The molecule has 150 valence electrons. The summed E-state index contributed by atoms with van der Waals surface area (Å²) >= 11 is 0. The lowest BCUT2D eigenvalue weighted by Gasteiger charge is -2.20. The Balaban J connectivity index is 2.13. The van der Waals surface area contributed by atoms with Crippen LogP contribution in [-0.2, 0) is 5.41 Å². The summed E-state index contributed by atoms with van der Waals surface area (Å²) in [6.07, 6.45) is 8.82. The zero-order valence-electron chi connectivity index (χ0n) is 18.8. The van der Waals surface area contributed by atoms with Crippen molar-refractivity contribution >= 4 is 17.0 Å². The van der Waals surface area contributed by atoms with Crippen LogP contribution in [0.3, 0.4) is 0 Å². The molecule has 1 aliphatic carbocycles. The van der Waals surface area contributed by atoms with Crippen LogP contribution in [0.2, 0.25) is 0 Å². The summed E-state index contributed by atoms with van der Waals surface area (Å²) in [4.78, 5) is 2.13. The molecule has 2 aromatic rings. The van der Waals surface area contributed by atoms with Gasteiger partial charge in [0.2, 0.25) is 0 Å². The second-order valence-corrected chi connectivity index (χ2v) is 9.08. The highest BCUT2D eigenvalue weighted by atomic mass is 15.1. The van der Waals surface area contributed by atoms with Crippen LogP contribution in [0.25, 0.3) is 5.57 Å². The lowest BCUT2D eigenvalue weighted by atomic mass is 9.84. The number of allylic oxidation sites excluding steroid dienone is 5. The lowest BCUT2D eigenvalue weighted by molar-refractivity contribution is -0.462. The van der Waals surface area contributed by atoms with E-state index in [1.54, 1.807) is 0 Å². The van der Waals surface area contributed by atoms with E-state index in [1.165, 1.54) is 39.2 Å². The molecular formula is C27H33N2+. The minimum absolute atomic E-state index is 0.152. The predicted octanol–water partition coefficient (Wildman–Crippen LogP) is 5.69. The zero-order valence-corrected chi connectivity index (χ0v) is 18.8. The topological polar surface area (TPSA) is 6.25 Å². The molecule has 0 bridgehead atoms. The molecule has 0 radical (unpaired) electrons. The second kappa shape index (κ2) is 8.24. The zero-order chi connectivity index (χ0) is 21.2. The Bertz CT molecular complexity index is 968. The van der Waals surface area contributed by atoms with Crippen molar-refractivity contribution in [3.63, 3.8) is 0 Å². The highest BCUT2D eigenvalue weighted by Gasteiger charge is 2.16. The molecule has 3 rings (SSSR count). The van der Waals surface area contributed by atoms with Crippen LogP contribution in [0.4, 0.5) is 5.69 Å². The number of anilines is 1. The van der Waals surface area contributed by atoms with E-state index in [-0.39, 0.29) is 5.41 Å². The second-order valence-electron chi connectivity index (χ2n) is 9.08. The Kier molecular flexibility index (Phi) is 5.93. The molecule has 2 aromatic carbocycles. The first-order chi connectivity index (χ1) is 13.7. The van der Waals surface area contributed by atoms with Crippen molar-refractivity contribution in [1.82, 2.24) is 0 Å². The summed E-state index contributed by atoms with van der Waals surface area (Å²) in [6.45, 7) is 6.77. The minimum Gasteiger partial charge on any atom is -0.378 e. The van der Waals surface area contributed by atoms with E-state index in [9.17, 15) is 0 Å². The standard InChI is InChI=1S/C27H33N2/c1-27(2,3)23-14-8-20(9-15-23)26(21-10-16-24(17-11-21)28(4)5)22-12-18-25(19-13-22)29(6)7/h8-19H,1-7H3/q+1. The van der Waals surface area contributed by atoms with E-state index >= 15 is 0 Å². The number of hydrogen-bond donors (Lipinski definition) is 0. The molecule has 0 amide bonds. The smallest absolute Gasteiger partial charge is 0.199 e. The third-order valence-electron chi connectivity index (χ3n) is 5.38. The van der Waals surface area contributed by atoms with Crippen LogP contribution < -0.4 is 4.90 Å². The predicted molar refractivity (Wildman–Crippen MR) is 127 cm³/mol. The van der Waals surface area contributed by atoms with Gasteiger partial charge in [-0.2, -0.15) is 0 Å². The fourth-order valence-corrected chi connectivity index (χ4v) is 3.49. The Labute approximate surface area is 176 Å². The van der Waals surface area contributed by atoms with E-state index in [4.69, 9.17) is 0 Å². The first-order valence-corrected chi connectivity index (χ1v) is 10.2. The summed E-state index contributed by atoms with van der Waals surface area (Å²) < 4.78 is 2.13. The summed E-state index contributed by atoms with van der Waals surface area (Å²) in [6, 6.07) is 17.9. The molecule has 0 atom stereocenters. The van der Waals surface area contributed by atoms with Gasteiger partial charge in [-0.15, -0.1) is 0 Å². The molecule has 0 spiro atoms. The molecule has 0 aromatic heterocycles. The SMILES string of the molecule is CN(C)c1ccc(C(=C2C=CC(=[N+](C)C)C=C2)c2ccc(C(C)(C)C)cc2)cc1. The number of hydrogen-bond acceptors (Lipinski definition) is 1. The first-order valence-electron chi connectivity index (χ1n) is 10.2. The van der Waals surface area contributed by atoms with Gasteiger partial charge in [-0.05, 0) is 57.5 Å². The lowest BCUT2D eigenvalue weighted by Crippen LogP contribution is -2.11. The number of benzene rings is 2. The van der Waals surface area contributed by atoms with Gasteiger partial charge in [0.05, 0.1) is 0 Å². The van der Waals surface area contributed by atoms with Gasteiger partial charge in [0.25, 0.3) is 0 Å². The molecule has 2 nitrogen and oxygen atoms in total. The van der Waals surface area contributed by atoms with Gasteiger partial charge in [0.1, 0.15) is 14.1 Å². The quantitative estimate of drug-likeness (QED) is 0.615. The molecule has 0 N–H and O–H groups in total. The summed E-state index contributed by atoms with van der Waals surface area (Å²) in [5.74, 6) is 0. The number of nitrogens with zero attached hydrogens (tertiary/aromatic N) is 2. The Morgan fingerprint density at radius 1 is 0.724 bits per heavy atom. The fraction of sp³-hybridized carbons (Fsp3) is 0.296. The molecule has 0 heterocycles. The molecule has 0 aliphatic heterocycles. The summed E-state index contributed by atoms with van der Waals surface area (Å²) in [7, 11) is 8.30. The van der Waals surface area contributed by atoms with Gasteiger partial charge in [-0.25, -0.2) is 4.58 Å². The normalized spacial score (nSPS) is 13.6. The van der Waals surface area contributed by atoms with Crippen molar-refractivity contribution in [2.24, 2.45) is 0 Å². The molecule has 0 saturated heterocycles. The van der Waals surface area contributed by atoms with E-state index in [2.05, 4.69) is 131 Å². The van der Waals surface area contributed by atoms with Crippen molar-refractivity contribution < 1.29 is 4.58 Å². The molecule has 1 aliphatic rings. The highest BCUT2D eigenvalue weighted by Crippen LogP contribution is 2.32. The van der Waals surface area contributed by atoms with Crippen LogP contribution in [-0.4, -0.2) is 38.5 Å².